The van der Waals surface area contributed by atoms with Crippen LogP contribution in [0.4, 0.5) is 5.69 Å². The van der Waals surface area contributed by atoms with Crippen LogP contribution < -0.4 is 16.0 Å². The molecule has 0 aromatic heterocycles. The van der Waals surface area contributed by atoms with Gasteiger partial charge in [0.25, 0.3) is 0 Å². The van der Waals surface area contributed by atoms with E-state index in [-0.39, 0.29) is 11.9 Å². The maximum Gasteiger partial charge on any atom is 0.240 e. The number of anilines is 1. The van der Waals surface area contributed by atoms with Gasteiger partial charge in [0.05, 0.1) is 10.7 Å². The molecule has 0 bridgehead atoms. The number of nitrogens with one attached hydrogen (secondary N) is 1. The number of primary amides is 1. The van der Waals surface area contributed by atoms with E-state index in [9.17, 15) is 4.79 Å². The topological polar surface area (TPSA) is 58.4 Å². The molecule has 18 heavy (non-hydrogen) atoms. The zero-order valence-corrected chi connectivity index (χ0v) is 11.2. The minimum Gasteiger partial charge on any atom is -0.368 e. The zero-order chi connectivity index (χ0) is 13.1. The van der Waals surface area contributed by atoms with E-state index in [1.165, 1.54) is 0 Å². The monoisotopic (exact) mass is 267 g/mol. The highest BCUT2D eigenvalue weighted by Crippen LogP contribution is 2.32. The molecule has 1 aromatic carbocycles. The molecule has 98 valence electrons. The number of nitrogens with zero attached hydrogens (tertiary/aromatic N) is 1. The van der Waals surface area contributed by atoms with Crippen LogP contribution >= 0.6 is 11.6 Å². The Morgan fingerprint density at radius 3 is 3.00 bits per heavy atom. The Morgan fingerprint density at radius 1 is 1.61 bits per heavy atom. The second-order valence-corrected chi connectivity index (χ2v) is 4.98. The van der Waals surface area contributed by atoms with Crippen molar-refractivity contribution < 1.29 is 4.79 Å². The lowest BCUT2D eigenvalue weighted by atomic mass is 10.1. The van der Waals surface area contributed by atoms with Crippen molar-refractivity contribution in [3.8, 4) is 0 Å². The Bertz CT molecular complexity index is 450. The van der Waals surface area contributed by atoms with E-state index in [2.05, 4.69) is 5.32 Å². The smallest absolute Gasteiger partial charge is 0.240 e. The number of benzene rings is 1. The van der Waals surface area contributed by atoms with Crippen LogP contribution in [0.2, 0.25) is 5.02 Å². The SMILES string of the molecule is CNCc1ccc(N2CCCC2C(N)=O)c(Cl)c1. The normalized spacial score (nSPS) is 19.2. The number of amides is 1. The lowest BCUT2D eigenvalue weighted by Crippen LogP contribution is -2.40. The summed E-state index contributed by atoms with van der Waals surface area (Å²) in [6.07, 6.45) is 1.78. The Labute approximate surface area is 112 Å². The first-order valence-corrected chi connectivity index (χ1v) is 6.50. The van der Waals surface area contributed by atoms with Gasteiger partial charge < -0.3 is 16.0 Å². The third kappa shape index (κ3) is 2.60. The van der Waals surface area contributed by atoms with Crippen molar-refractivity contribution in [2.24, 2.45) is 5.73 Å². The highest BCUT2D eigenvalue weighted by Gasteiger charge is 2.30. The minimum atomic E-state index is -0.275. The van der Waals surface area contributed by atoms with Crippen molar-refractivity contribution in [3.05, 3.63) is 28.8 Å². The van der Waals surface area contributed by atoms with Crippen molar-refractivity contribution in [2.45, 2.75) is 25.4 Å². The van der Waals surface area contributed by atoms with E-state index in [4.69, 9.17) is 17.3 Å². The first kappa shape index (κ1) is 13.2. The second kappa shape index (κ2) is 5.59. The fourth-order valence-corrected chi connectivity index (χ4v) is 2.76. The van der Waals surface area contributed by atoms with Crippen LogP contribution in [0.25, 0.3) is 0 Å². The summed E-state index contributed by atoms with van der Waals surface area (Å²) >= 11 is 6.29. The van der Waals surface area contributed by atoms with Gasteiger partial charge in [-0.3, -0.25) is 4.79 Å². The molecule has 1 unspecified atom stereocenters. The molecule has 1 amide bonds. The largest absolute Gasteiger partial charge is 0.368 e. The zero-order valence-electron chi connectivity index (χ0n) is 10.4. The molecule has 1 fully saturated rings. The van der Waals surface area contributed by atoms with Gasteiger partial charge in [-0.1, -0.05) is 17.7 Å². The van der Waals surface area contributed by atoms with Gasteiger partial charge >= 0.3 is 0 Å². The predicted octanol–water partition coefficient (Wildman–Crippen LogP) is 1.51. The van der Waals surface area contributed by atoms with E-state index in [1.807, 2.05) is 30.1 Å². The van der Waals surface area contributed by atoms with Crippen LogP contribution in [0.15, 0.2) is 18.2 Å². The van der Waals surface area contributed by atoms with Gasteiger partial charge in [-0.2, -0.15) is 0 Å². The quantitative estimate of drug-likeness (QED) is 0.870. The number of carbonyl (C=O) groups is 1. The molecule has 0 spiro atoms. The molecule has 1 atom stereocenters. The Balaban J connectivity index is 2.25. The van der Waals surface area contributed by atoms with Crippen LogP contribution in [0.1, 0.15) is 18.4 Å². The van der Waals surface area contributed by atoms with E-state index in [0.717, 1.165) is 37.2 Å². The van der Waals surface area contributed by atoms with Crippen LogP contribution in [0.5, 0.6) is 0 Å². The fourth-order valence-electron chi connectivity index (χ4n) is 2.45. The first-order valence-electron chi connectivity index (χ1n) is 6.12. The van der Waals surface area contributed by atoms with Crippen molar-refractivity contribution >= 4 is 23.2 Å². The van der Waals surface area contributed by atoms with Crippen molar-refractivity contribution in [1.29, 1.82) is 0 Å². The summed E-state index contributed by atoms with van der Waals surface area (Å²) in [5, 5.41) is 3.76. The fraction of sp³-hybridized carbons (Fsp3) is 0.462. The lowest BCUT2D eigenvalue weighted by Gasteiger charge is -2.25. The summed E-state index contributed by atoms with van der Waals surface area (Å²) in [5.41, 5.74) is 7.45. The van der Waals surface area contributed by atoms with Gasteiger partial charge in [0.1, 0.15) is 6.04 Å². The van der Waals surface area contributed by atoms with Crippen molar-refractivity contribution in [3.63, 3.8) is 0 Å². The number of rotatable bonds is 4. The van der Waals surface area contributed by atoms with Crippen LogP contribution in [-0.4, -0.2) is 25.5 Å². The highest BCUT2D eigenvalue weighted by atomic mass is 35.5. The molecule has 1 heterocycles. The van der Waals surface area contributed by atoms with Gasteiger partial charge in [0.15, 0.2) is 0 Å². The molecule has 3 N–H and O–H groups in total. The number of hydrogen-bond donors (Lipinski definition) is 2. The molecule has 4 nitrogen and oxygen atoms in total. The van der Waals surface area contributed by atoms with Crippen LogP contribution in [0, 0.1) is 0 Å². The molecule has 5 heteroatoms. The van der Waals surface area contributed by atoms with E-state index >= 15 is 0 Å². The first-order chi connectivity index (χ1) is 8.63. The average Bonchev–Trinajstić information content (AvgIpc) is 2.78. The summed E-state index contributed by atoms with van der Waals surface area (Å²) in [6.45, 7) is 1.61. The Morgan fingerprint density at radius 2 is 2.39 bits per heavy atom. The van der Waals surface area contributed by atoms with Crippen molar-refractivity contribution in [2.75, 3.05) is 18.5 Å². The molecular weight excluding hydrogens is 250 g/mol. The summed E-state index contributed by atoms with van der Waals surface area (Å²) in [4.78, 5) is 13.4. The van der Waals surface area contributed by atoms with Crippen molar-refractivity contribution in [1.82, 2.24) is 5.32 Å². The average molecular weight is 268 g/mol. The van der Waals surface area contributed by atoms with Crippen LogP contribution in [0.3, 0.4) is 0 Å². The van der Waals surface area contributed by atoms with Gasteiger partial charge in [0.2, 0.25) is 5.91 Å². The molecule has 0 saturated carbocycles. The molecule has 0 radical (unpaired) electrons. The highest BCUT2D eigenvalue weighted by molar-refractivity contribution is 6.33. The summed E-state index contributed by atoms with van der Waals surface area (Å²) in [6, 6.07) is 5.70. The lowest BCUT2D eigenvalue weighted by molar-refractivity contribution is -0.119. The number of carbonyl (C=O) groups excluding carboxylic acids is 1. The third-order valence-electron chi connectivity index (χ3n) is 3.28. The molecule has 1 aliphatic heterocycles. The van der Waals surface area contributed by atoms with Gasteiger partial charge in [-0.05, 0) is 37.6 Å². The van der Waals surface area contributed by atoms with Gasteiger partial charge in [-0.25, -0.2) is 0 Å². The maximum atomic E-state index is 11.4. The molecule has 1 saturated heterocycles. The van der Waals surface area contributed by atoms with Gasteiger partial charge in [0, 0.05) is 13.1 Å². The molecular formula is C13H18ClN3O. The predicted molar refractivity (Wildman–Crippen MR) is 73.8 cm³/mol. The van der Waals surface area contributed by atoms with Crippen LogP contribution in [-0.2, 0) is 11.3 Å². The standard InChI is InChI=1S/C13H18ClN3O/c1-16-8-9-4-5-11(10(14)7-9)17-6-2-3-12(17)13(15)18/h4-5,7,12,16H,2-3,6,8H2,1H3,(H2,15,18). The van der Waals surface area contributed by atoms with E-state index in [1.54, 1.807) is 0 Å². The Hall–Kier alpha value is -1.26. The maximum absolute atomic E-state index is 11.4. The molecule has 1 aromatic rings. The van der Waals surface area contributed by atoms with E-state index < -0.39 is 0 Å². The Kier molecular flexibility index (Phi) is 4.09. The number of nitrogens with two attached hydrogens (primary N) is 1. The molecule has 1 aliphatic rings. The number of halogens is 1. The minimum absolute atomic E-state index is 0.224. The summed E-state index contributed by atoms with van der Waals surface area (Å²) in [7, 11) is 1.89. The summed E-state index contributed by atoms with van der Waals surface area (Å²) in [5.74, 6) is -0.275. The van der Waals surface area contributed by atoms with Gasteiger partial charge in [-0.15, -0.1) is 0 Å². The van der Waals surface area contributed by atoms with E-state index in [0.29, 0.717) is 5.02 Å². The molecule has 0 aliphatic carbocycles. The summed E-state index contributed by atoms with van der Waals surface area (Å²) < 4.78 is 0. The third-order valence-corrected chi connectivity index (χ3v) is 3.59. The second-order valence-electron chi connectivity index (χ2n) is 4.57. The molecule has 2 rings (SSSR count). The number of hydrogen-bond acceptors (Lipinski definition) is 3.